The summed E-state index contributed by atoms with van der Waals surface area (Å²) in [5.74, 6) is 0. The molecule has 1 heterocycles. The Morgan fingerprint density at radius 3 is 2.29 bits per heavy atom. The number of nitrogens with one attached hydrogen (secondary N) is 1. The first-order valence-corrected chi connectivity index (χ1v) is 5.15. The van der Waals surface area contributed by atoms with Gasteiger partial charge in [-0.2, -0.15) is 0 Å². The first kappa shape index (κ1) is 9.93. The van der Waals surface area contributed by atoms with Crippen molar-refractivity contribution in [3.05, 3.63) is 29.3 Å². The van der Waals surface area contributed by atoms with Crippen molar-refractivity contribution < 1.29 is 5.21 Å². The molecular formula is C10H14ClN2O+. The van der Waals surface area contributed by atoms with Gasteiger partial charge < -0.3 is 5.32 Å². The van der Waals surface area contributed by atoms with E-state index >= 15 is 0 Å². The van der Waals surface area contributed by atoms with Gasteiger partial charge in [0.2, 0.25) is 0 Å². The van der Waals surface area contributed by atoms with Gasteiger partial charge in [-0.15, -0.1) is 4.65 Å². The summed E-state index contributed by atoms with van der Waals surface area (Å²) in [7, 11) is 0. The summed E-state index contributed by atoms with van der Waals surface area (Å²) in [4.78, 5) is 0. The molecule has 1 fully saturated rings. The summed E-state index contributed by atoms with van der Waals surface area (Å²) >= 11 is 5.80. The van der Waals surface area contributed by atoms with Crippen LogP contribution >= 0.6 is 11.6 Å². The van der Waals surface area contributed by atoms with Crippen LogP contribution in [0.3, 0.4) is 0 Å². The third kappa shape index (κ3) is 1.91. The predicted octanol–water partition coefficient (Wildman–Crippen LogP) is 1.64. The van der Waals surface area contributed by atoms with E-state index in [1.807, 2.05) is 24.3 Å². The second-order valence-corrected chi connectivity index (χ2v) is 4.03. The number of hydrogen-bond acceptors (Lipinski definition) is 2. The van der Waals surface area contributed by atoms with E-state index in [2.05, 4.69) is 5.32 Å². The van der Waals surface area contributed by atoms with Gasteiger partial charge in [-0.1, -0.05) is 11.6 Å². The van der Waals surface area contributed by atoms with Gasteiger partial charge in [0, 0.05) is 30.2 Å². The van der Waals surface area contributed by atoms with Crippen molar-refractivity contribution in [2.45, 2.75) is 0 Å². The van der Waals surface area contributed by atoms with Gasteiger partial charge in [0.1, 0.15) is 13.1 Å². The summed E-state index contributed by atoms with van der Waals surface area (Å²) in [6.45, 7) is 3.11. The summed E-state index contributed by atoms with van der Waals surface area (Å²) < 4.78 is 0.0180. The molecule has 0 unspecified atom stereocenters. The fourth-order valence-electron chi connectivity index (χ4n) is 1.74. The van der Waals surface area contributed by atoms with Crippen LogP contribution in [0.2, 0.25) is 5.02 Å². The van der Waals surface area contributed by atoms with Crippen LogP contribution in [0.25, 0.3) is 0 Å². The van der Waals surface area contributed by atoms with Crippen molar-refractivity contribution in [3.8, 4) is 0 Å². The van der Waals surface area contributed by atoms with E-state index in [0.29, 0.717) is 18.1 Å². The molecule has 1 saturated heterocycles. The number of nitrogens with zero attached hydrogens (tertiary/aromatic N) is 1. The molecule has 2 rings (SSSR count). The van der Waals surface area contributed by atoms with E-state index in [0.717, 1.165) is 18.8 Å². The van der Waals surface area contributed by atoms with Gasteiger partial charge in [0.25, 0.3) is 0 Å². The van der Waals surface area contributed by atoms with Gasteiger partial charge in [-0.25, -0.2) is 5.21 Å². The third-order valence-corrected chi connectivity index (χ3v) is 2.88. The highest BCUT2D eigenvalue weighted by atomic mass is 35.5. The molecule has 3 nitrogen and oxygen atoms in total. The normalized spacial score (nSPS) is 20.7. The molecule has 0 amide bonds. The monoisotopic (exact) mass is 213 g/mol. The standard InChI is InChI=1S/C10H14ClN2O/c11-9-1-3-10(4-2-9)13(14)7-5-12-6-8-13/h1-4,12,14H,5-8H2/q+1. The van der Waals surface area contributed by atoms with E-state index in [9.17, 15) is 5.21 Å². The van der Waals surface area contributed by atoms with Crippen LogP contribution < -0.4 is 9.96 Å². The minimum atomic E-state index is 0.0180. The molecule has 1 aromatic rings. The van der Waals surface area contributed by atoms with E-state index in [1.165, 1.54) is 0 Å². The lowest BCUT2D eigenvalue weighted by Gasteiger charge is -2.33. The highest BCUT2D eigenvalue weighted by Gasteiger charge is 2.30. The number of benzene rings is 1. The quantitative estimate of drug-likeness (QED) is 0.696. The Hall–Kier alpha value is -0.610. The van der Waals surface area contributed by atoms with Gasteiger partial charge >= 0.3 is 0 Å². The van der Waals surface area contributed by atoms with E-state index in [1.54, 1.807) is 0 Å². The maximum atomic E-state index is 10.3. The SMILES string of the molecule is O[N+]1(c2ccc(Cl)cc2)CCNCC1. The zero-order valence-corrected chi connectivity index (χ0v) is 8.67. The van der Waals surface area contributed by atoms with Crippen molar-refractivity contribution in [1.82, 2.24) is 9.96 Å². The molecule has 0 aromatic heterocycles. The Bertz CT molecular complexity index is 306. The summed E-state index contributed by atoms with van der Waals surface area (Å²) in [5.41, 5.74) is 0.913. The van der Waals surface area contributed by atoms with Crippen LogP contribution in [0.5, 0.6) is 0 Å². The number of hydrogen-bond donors (Lipinski definition) is 2. The first-order chi connectivity index (χ1) is 6.71. The Balaban J connectivity index is 2.23. The number of halogens is 1. The van der Waals surface area contributed by atoms with Gasteiger partial charge in [-0.05, 0) is 12.1 Å². The molecule has 1 aromatic carbocycles. The van der Waals surface area contributed by atoms with Crippen molar-refractivity contribution in [3.63, 3.8) is 0 Å². The topological polar surface area (TPSA) is 32.3 Å². The number of hydroxylamine groups is 2. The molecular weight excluding hydrogens is 200 g/mol. The lowest BCUT2D eigenvalue weighted by Crippen LogP contribution is -2.57. The Labute approximate surface area is 88.5 Å². The Morgan fingerprint density at radius 2 is 1.71 bits per heavy atom. The minimum absolute atomic E-state index is 0.0180. The van der Waals surface area contributed by atoms with E-state index in [-0.39, 0.29) is 4.65 Å². The fourth-order valence-corrected chi connectivity index (χ4v) is 1.87. The van der Waals surface area contributed by atoms with Crippen molar-refractivity contribution >= 4 is 17.3 Å². The average molecular weight is 214 g/mol. The summed E-state index contributed by atoms with van der Waals surface area (Å²) in [6.07, 6.45) is 0. The predicted molar refractivity (Wildman–Crippen MR) is 57.6 cm³/mol. The maximum absolute atomic E-state index is 10.3. The molecule has 4 heteroatoms. The molecule has 76 valence electrons. The second kappa shape index (κ2) is 3.87. The van der Waals surface area contributed by atoms with Gasteiger partial charge in [-0.3, -0.25) is 0 Å². The number of piperazine rings is 1. The molecule has 14 heavy (non-hydrogen) atoms. The summed E-state index contributed by atoms with van der Waals surface area (Å²) in [6, 6.07) is 7.39. The zero-order chi connectivity index (χ0) is 10.0. The largest absolute Gasteiger partial charge is 0.306 e. The molecule has 0 saturated carbocycles. The van der Waals surface area contributed by atoms with Crippen molar-refractivity contribution in [2.75, 3.05) is 26.2 Å². The van der Waals surface area contributed by atoms with Crippen LogP contribution in [-0.2, 0) is 0 Å². The van der Waals surface area contributed by atoms with Gasteiger partial charge in [0.15, 0.2) is 5.69 Å². The number of rotatable bonds is 1. The highest BCUT2D eigenvalue weighted by Crippen LogP contribution is 2.23. The molecule has 0 bridgehead atoms. The third-order valence-electron chi connectivity index (χ3n) is 2.62. The Kier molecular flexibility index (Phi) is 2.74. The number of quaternary nitrogens is 1. The van der Waals surface area contributed by atoms with Crippen molar-refractivity contribution in [2.24, 2.45) is 0 Å². The van der Waals surface area contributed by atoms with E-state index in [4.69, 9.17) is 11.6 Å². The van der Waals surface area contributed by atoms with Crippen LogP contribution in [0.1, 0.15) is 0 Å². The second-order valence-electron chi connectivity index (χ2n) is 3.60. The molecule has 0 spiro atoms. The first-order valence-electron chi connectivity index (χ1n) is 4.77. The molecule has 1 aliphatic heterocycles. The van der Waals surface area contributed by atoms with Gasteiger partial charge in [0.05, 0.1) is 0 Å². The summed E-state index contributed by atoms with van der Waals surface area (Å²) in [5, 5.41) is 14.2. The van der Waals surface area contributed by atoms with Crippen LogP contribution in [-0.4, -0.2) is 31.4 Å². The van der Waals surface area contributed by atoms with Crippen LogP contribution in [0.15, 0.2) is 24.3 Å². The lowest BCUT2D eigenvalue weighted by atomic mass is 10.2. The van der Waals surface area contributed by atoms with Crippen LogP contribution in [0, 0.1) is 0 Å². The fraction of sp³-hybridized carbons (Fsp3) is 0.400. The molecule has 0 atom stereocenters. The van der Waals surface area contributed by atoms with E-state index < -0.39 is 0 Å². The lowest BCUT2D eigenvalue weighted by molar-refractivity contribution is -0.0871. The molecule has 1 aliphatic rings. The average Bonchev–Trinajstić information content (AvgIpc) is 2.19. The van der Waals surface area contributed by atoms with Crippen molar-refractivity contribution in [1.29, 1.82) is 0 Å². The minimum Gasteiger partial charge on any atom is -0.306 e. The highest BCUT2D eigenvalue weighted by molar-refractivity contribution is 6.30. The molecule has 0 radical (unpaired) electrons. The molecule has 0 aliphatic carbocycles. The van der Waals surface area contributed by atoms with Crippen LogP contribution in [0.4, 0.5) is 5.69 Å². The zero-order valence-electron chi connectivity index (χ0n) is 7.91. The Morgan fingerprint density at radius 1 is 1.14 bits per heavy atom. The maximum Gasteiger partial charge on any atom is 0.165 e. The smallest absolute Gasteiger partial charge is 0.165 e. The molecule has 2 N–H and O–H groups in total.